The zero-order valence-electron chi connectivity index (χ0n) is 16.8. The maximum absolute atomic E-state index is 12.8. The fourth-order valence-corrected chi connectivity index (χ4v) is 3.55. The number of ether oxygens (including phenoxy) is 3. The van der Waals surface area contributed by atoms with Crippen LogP contribution in [0.2, 0.25) is 5.02 Å². The van der Waals surface area contributed by atoms with Crippen LogP contribution < -0.4 is 14.2 Å². The van der Waals surface area contributed by atoms with Crippen LogP contribution in [0.4, 0.5) is 0 Å². The second-order valence-electron chi connectivity index (χ2n) is 6.97. The molecule has 30 heavy (non-hydrogen) atoms. The van der Waals surface area contributed by atoms with E-state index < -0.39 is 0 Å². The van der Waals surface area contributed by atoms with Crippen LogP contribution in [0.25, 0.3) is 6.08 Å². The highest BCUT2D eigenvalue weighted by atomic mass is 35.5. The van der Waals surface area contributed by atoms with Crippen molar-refractivity contribution in [1.82, 2.24) is 0 Å². The maximum Gasteiger partial charge on any atom is 0.232 e. The molecule has 0 radical (unpaired) electrons. The highest BCUT2D eigenvalue weighted by Crippen LogP contribution is 2.37. The van der Waals surface area contributed by atoms with Gasteiger partial charge in [0, 0.05) is 11.1 Å². The van der Waals surface area contributed by atoms with E-state index in [-0.39, 0.29) is 5.78 Å². The minimum Gasteiger partial charge on any atom is -0.494 e. The second-order valence-corrected chi connectivity index (χ2v) is 7.41. The number of hydrogen-bond donors (Lipinski definition) is 0. The highest BCUT2D eigenvalue weighted by Gasteiger charge is 2.30. The molecule has 0 fully saturated rings. The number of ketones is 1. The van der Waals surface area contributed by atoms with Crippen LogP contribution in [-0.2, 0) is 6.61 Å². The SMILES string of the molecule is CCOc1ccc(/C=C2\Oc3cc(OCc4cccc(Cl)c4)cc(C)c3C2=O)cc1. The summed E-state index contributed by atoms with van der Waals surface area (Å²) in [5.74, 6) is 2.11. The molecule has 1 aliphatic rings. The van der Waals surface area contributed by atoms with Gasteiger partial charge in [-0.15, -0.1) is 0 Å². The van der Waals surface area contributed by atoms with Gasteiger partial charge in [0.05, 0.1) is 12.2 Å². The molecule has 3 aromatic carbocycles. The summed E-state index contributed by atoms with van der Waals surface area (Å²) in [5, 5.41) is 0.666. The molecular weight excluding hydrogens is 400 g/mol. The largest absolute Gasteiger partial charge is 0.494 e. The average molecular weight is 421 g/mol. The van der Waals surface area contributed by atoms with E-state index in [1.807, 2.05) is 68.4 Å². The van der Waals surface area contributed by atoms with Gasteiger partial charge in [-0.25, -0.2) is 0 Å². The third-order valence-electron chi connectivity index (χ3n) is 4.73. The molecule has 4 rings (SSSR count). The molecule has 0 N–H and O–H groups in total. The summed E-state index contributed by atoms with van der Waals surface area (Å²) >= 11 is 6.03. The number of Topliss-reactive ketones (excluding diaryl/α,β-unsaturated/α-hetero) is 1. The molecule has 0 saturated carbocycles. The van der Waals surface area contributed by atoms with Crippen molar-refractivity contribution in [1.29, 1.82) is 0 Å². The number of hydrogen-bond acceptors (Lipinski definition) is 4. The first-order valence-corrected chi connectivity index (χ1v) is 10.1. The molecule has 1 heterocycles. The lowest BCUT2D eigenvalue weighted by molar-refractivity contribution is 0.101. The van der Waals surface area contributed by atoms with E-state index in [4.69, 9.17) is 25.8 Å². The third kappa shape index (κ3) is 4.34. The number of carbonyl (C=O) groups is 1. The van der Waals surface area contributed by atoms with E-state index in [0.717, 1.165) is 22.4 Å². The van der Waals surface area contributed by atoms with Gasteiger partial charge in [0.25, 0.3) is 0 Å². The van der Waals surface area contributed by atoms with Gasteiger partial charge in [0.2, 0.25) is 5.78 Å². The molecule has 0 aromatic heterocycles. The molecule has 5 heteroatoms. The first-order valence-electron chi connectivity index (χ1n) is 9.72. The fourth-order valence-electron chi connectivity index (χ4n) is 3.33. The summed E-state index contributed by atoms with van der Waals surface area (Å²) in [5.41, 5.74) is 3.22. The lowest BCUT2D eigenvalue weighted by Crippen LogP contribution is -2.00. The van der Waals surface area contributed by atoms with E-state index in [9.17, 15) is 4.79 Å². The Labute approximate surface area is 180 Å². The molecular formula is C25H21ClO4. The monoisotopic (exact) mass is 420 g/mol. The smallest absolute Gasteiger partial charge is 0.232 e. The van der Waals surface area contributed by atoms with E-state index in [1.54, 1.807) is 12.1 Å². The van der Waals surface area contributed by atoms with E-state index in [0.29, 0.717) is 41.1 Å². The van der Waals surface area contributed by atoms with Crippen molar-refractivity contribution in [2.24, 2.45) is 0 Å². The van der Waals surface area contributed by atoms with Gasteiger partial charge < -0.3 is 14.2 Å². The fraction of sp³-hybridized carbons (Fsp3) is 0.160. The van der Waals surface area contributed by atoms with E-state index in [1.165, 1.54) is 0 Å². The minimum absolute atomic E-state index is 0.127. The molecule has 0 spiro atoms. The molecule has 0 amide bonds. The lowest BCUT2D eigenvalue weighted by Gasteiger charge is -2.09. The lowest BCUT2D eigenvalue weighted by atomic mass is 10.0. The molecule has 0 saturated heterocycles. The van der Waals surface area contributed by atoms with Gasteiger partial charge in [-0.3, -0.25) is 4.79 Å². The number of benzene rings is 3. The Morgan fingerprint density at radius 2 is 1.80 bits per heavy atom. The average Bonchev–Trinajstić information content (AvgIpc) is 3.04. The van der Waals surface area contributed by atoms with Crippen molar-refractivity contribution in [2.75, 3.05) is 6.61 Å². The predicted molar refractivity (Wildman–Crippen MR) is 118 cm³/mol. The number of carbonyl (C=O) groups excluding carboxylic acids is 1. The first-order chi connectivity index (χ1) is 14.5. The Bertz CT molecular complexity index is 1120. The molecule has 1 aliphatic heterocycles. The summed E-state index contributed by atoms with van der Waals surface area (Å²) in [6, 6.07) is 18.6. The summed E-state index contributed by atoms with van der Waals surface area (Å²) in [6.45, 7) is 4.81. The molecule has 0 unspecified atom stereocenters. The molecule has 0 aliphatic carbocycles. The van der Waals surface area contributed by atoms with Gasteiger partial charge in [-0.2, -0.15) is 0 Å². The summed E-state index contributed by atoms with van der Waals surface area (Å²) in [6.07, 6.45) is 1.74. The first kappa shape index (κ1) is 20.0. The van der Waals surface area contributed by atoms with Crippen molar-refractivity contribution in [3.8, 4) is 17.2 Å². The zero-order chi connectivity index (χ0) is 21.1. The molecule has 152 valence electrons. The van der Waals surface area contributed by atoms with Gasteiger partial charge >= 0.3 is 0 Å². The van der Waals surface area contributed by atoms with Crippen LogP contribution in [0.15, 0.2) is 66.4 Å². The van der Waals surface area contributed by atoms with Gasteiger partial charge in [0.1, 0.15) is 23.9 Å². The highest BCUT2D eigenvalue weighted by molar-refractivity contribution is 6.30. The third-order valence-corrected chi connectivity index (χ3v) is 4.96. The number of rotatable bonds is 6. The number of halogens is 1. The van der Waals surface area contributed by atoms with Crippen LogP contribution in [0.5, 0.6) is 17.2 Å². The van der Waals surface area contributed by atoms with Crippen molar-refractivity contribution < 1.29 is 19.0 Å². The number of allylic oxidation sites excluding steroid dienone is 1. The number of aryl methyl sites for hydroxylation is 1. The Balaban J connectivity index is 1.53. The molecule has 0 bridgehead atoms. The predicted octanol–water partition coefficient (Wildman–Crippen LogP) is 6.24. The van der Waals surface area contributed by atoms with Crippen LogP contribution >= 0.6 is 11.6 Å². The summed E-state index contributed by atoms with van der Waals surface area (Å²) in [4.78, 5) is 12.8. The van der Waals surface area contributed by atoms with Crippen LogP contribution in [-0.4, -0.2) is 12.4 Å². The van der Waals surface area contributed by atoms with Gasteiger partial charge in [-0.05, 0) is 66.9 Å². The molecule has 0 atom stereocenters. The zero-order valence-corrected chi connectivity index (χ0v) is 17.5. The Morgan fingerprint density at radius 3 is 2.53 bits per heavy atom. The van der Waals surface area contributed by atoms with Gasteiger partial charge in [0.15, 0.2) is 5.76 Å². The van der Waals surface area contributed by atoms with Crippen molar-refractivity contribution in [3.63, 3.8) is 0 Å². The summed E-state index contributed by atoms with van der Waals surface area (Å²) < 4.78 is 17.2. The van der Waals surface area contributed by atoms with Crippen LogP contribution in [0.1, 0.15) is 34.0 Å². The second kappa shape index (κ2) is 8.64. The van der Waals surface area contributed by atoms with E-state index in [2.05, 4.69) is 0 Å². The number of fused-ring (bicyclic) bond motifs is 1. The van der Waals surface area contributed by atoms with E-state index >= 15 is 0 Å². The summed E-state index contributed by atoms with van der Waals surface area (Å²) in [7, 11) is 0. The Hall–Kier alpha value is -3.24. The quantitative estimate of drug-likeness (QED) is 0.442. The molecule has 3 aromatic rings. The Kier molecular flexibility index (Phi) is 5.77. The van der Waals surface area contributed by atoms with Crippen molar-refractivity contribution in [2.45, 2.75) is 20.5 Å². The van der Waals surface area contributed by atoms with Gasteiger partial charge in [-0.1, -0.05) is 35.9 Å². The van der Waals surface area contributed by atoms with Crippen molar-refractivity contribution >= 4 is 23.5 Å². The topological polar surface area (TPSA) is 44.8 Å². The minimum atomic E-state index is -0.127. The maximum atomic E-state index is 12.8. The van der Waals surface area contributed by atoms with Crippen LogP contribution in [0, 0.1) is 6.92 Å². The van der Waals surface area contributed by atoms with Crippen molar-refractivity contribution in [3.05, 3.63) is 93.7 Å². The normalized spacial score (nSPS) is 13.8. The molecule has 4 nitrogen and oxygen atoms in total. The Morgan fingerprint density at radius 1 is 1.00 bits per heavy atom. The standard InChI is InChI=1S/C25H21ClO4/c1-3-28-20-9-7-17(8-10-20)13-23-25(27)24-16(2)11-21(14-22(24)30-23)29-15-18-5-4-6-19(26)12-18/h4-14H,3,15H2,1-2H3/b23-13-. The van der Waals surface area contributed by atoms with Crippen LogP contribution in [0.3, 0.4) is 0 Å².